The molecular weight excluding hydrogens is 338 g/mol. The second kappa shape index (κ2) is 8.25. The molecule has 0 aliphatic heterocycles. The van der Waals surface area contributed by atoms with Crippen LogP contribution in [0.2, 0.25) is 0 Å². The molecule has 0 bridgehead atoms. The van der Waals surface area contributed by atoms with E-state index in [4.69, 9.17) is 9.47 Å². The lowest BCUT2D eigenvalue weighted by atomic mass is 10.1. The Labute approximate surface area is 152 Å². The van der Waals surface area contributed by atoms with Crippen LogP contribution in [-0.2, 0) is 4.74 Å². The third-order valence-corrected chi connectivity index (χ3v) is 4.98. The number of hydrogen-bond acceptors (Lipinski definition) is 5. The van der Waals surface area contributed by atoms with Crippen LogP contribution in [0.1, 0.15) is 46.0 Å². The number of ketones is 1. The largest absolute Gasteiger partial charge is 0.497 e. The summed E-state index contributed by atoms with van der Waals surface area (Å²) in [5, 5.41) is -0.307. The van der Waals surface area contributed by atoms with E-state index in [1.165, 1.54) is 11.8 Å². The number of nitrogens with one attached hydrogen (secondary N) is 1. The van der Waals surface area contributed by atoms with Crippen molar-refractivity contribution in [2.75, 3.05) is 13.7 Å². The molecular formula is C19H23NO4S. The molecule has 25 heavy (non-hydrogen) atoms. The first-order valence-corrected chi connectivity index (χ1v) is 8.98. The van der Waals surface area contributed by atoms with Crippen LogP contribution in [0, 0.1) is 13.8 Å². The Bertz CT molecular complexity index is 782. The van der Waals surface area contributed by atoms with Crippen molar-refractivity contribution in [2.24, 2.45) is 0 Å². The van der Waals surface area contributed by atoms with E-state index >= 15 is 0 Å². The monoisotopic (exact) mass is 361 g/mol. The fourth-order valence-corrected chi connectivity index (χ4v) is 3.62. The third kappa shape index (κ3) is 4.25. The van der Waals surface area contributed by atoms with E-state index in [1.54, 1.807) is 27.9 Å². The van der Waals surface area contributed by atoms with Crippen LogP contribution < -0.4 is 4.74 Å². The molecule has 1 aromatic heterocycles. The van der Waals surface area contributed by atoms with Gasteiger partial charge >= 0.3 is 5.97 Å². The first kappa shape index (κ1) is 19.1. The van der Waals surface area contributed by atoms with Crippen molar-refractivity contribution in [3.8, 4) is 5.75 Å². The highest BCUT2D eigenvalue weighted by Crippen LogP contribution is 2.30. The van der Waals surface area contributed by atoms with Gasteiger partial charge in [0.05, 0.1) is 30.2 Å². The summed E-state index contributed by atoms with van der Waals surface area (Å²) in [4.78, 5) is 28.9. The van der Waals surface area contributed by atoms with Crippen LogP contribution in [0.5, 0.6) is 5.75 Å². The minimum atomic E-state index is -0.402. The van der Waals surface area contributed by atoms with Crippen molar-refractivity contribution in [1.82, 2.24) is 4.98 Å². The van der Waals surface area contributed by atoms with Gasteiger partial charge in [-0.2, -0.15) is 0 Å². The summed E-state index contributed by atoms with van der Waals surface area (Å²) < 4.78 is 10.3. The van der Waals surface area contributed by atoms with Crippen LogP contribution in [0.3, 0.4) is 0 Å². The predicted molar refractivity (Wildman–Crippen MR) is 98.9 cm³/mol. The lowest BCUT2D eigenvalue weighted by Gasteiger charge is -2.11. The van der Waals surface area contributed by atoms with E-state index in [2.05, 4.69) is 4.98 Å². The molecule has 134 valence electrons. The highest BCUT2D eigenvalue weighted by molar-refractivity contribution is 8.00. The van der Waals surface area contributed by atoms with Gasteiger partial charge in [-0.15, -0.1) is 11.8 Å². The average Bonchev–Trinajstić information content (AvgIpc) is 2.89. The second-order valence-electron chi connectivity index (χ2n) is 5.65. The first-order chi connectivity index (χ1) is 11.9. The highest BCUT2D eigenvalue weighted by atomic mass is 32.2. The smallest absolute Gasteiger partial charge is 0.340 e. The molecule has 0 fully saturated rings. The molecule has 0 radical (unpaired) electrons. The summed E-state index contributed by atoms with van der Waals surface area (Å²) in [5.41, 5.74) is 2.20. The number of rotatable bonds is 7. The van der Waals surface area contributed by atoms with Crippen LogP contribution in [0.4, 0.5) is 0 Å². The van der Waals surface area contributed by atoms with Crippen molar-refractivity contribution in [2.45, 2.75) is 37.8 Å². The zero-order valence-electron chi connectivity index (χ0n) is 15.1. The number of esters is 1. The molecule has 0 saturated carbocycles. The van der Waals surface area contributed by atoms with Gasteiger partial charge in [-0.25, -0.2) is 4.79 Å². The number of carbonyl (C=O) groups is 2. The molecule has 6 heteroatoms. The SMILES string of the molecule is CCOC(=O)c1c(C)[nH]c(C(=O)[C@H](C)Sc2cccc(OC)c2)c1C. The Kier molecular flexibility index (Phi) is 6.31. The lowest BCUT2D eigenvalue weighted by Crippen LogP contribution is -2.15. The van der Waals surface area contributed by atoms with Crippen molar-refractivity contribution in [3.63, 3.8) is 0 Å². The number of hydrogen-bond donors (Lipinski definition) is 1. The summed E-state index contributed by atoms with van der Waals surface area (Å²) in [6.45, 7) is 7.45. The first-order valence-electron chi connectivity index (χ1n) is 8.10. The second-order valence-corrected chi connectivity index (χ2v) is 7.06. The number of aromatic amines is 1. The molecule has 1 N–H and O–H groups in total. The van der Waals surface area contributed by atoms with Crippen LogP contribution in [-0.4, -0.2) is 35.7 Å². The van der Waals surface area contributed by atoms with Gasteiger partial charge in [0, 0.05) is 10.6 Å². The van der Waals surface area contributed by atoms with Crippen LogP contribution in [0.25, 0.3) is 0 Å². The van der Waals surface area contributed by atoms with Crippen molar-refractivity contribution < 1.29 is 19.1 Å². The van der Waals surface area contributed by atoms with Gasteiger partial charge in [0.2, 0.25) is 0 Å². The fraction of sp³-hybridized carbons (Fsp3) is 0.368. The zero-order chi connectivity index (χ0) is 18.6. The van der Waals surface area contributed by atoms with Crippen molar-refractivity contribution in [3.05, 3.63) is 46.8 Å². The minimum absolute atomic E-state index is 0.0519. The lowest BCUT2D eigenvalue weighted by molar-refractivity contribution is 0.0525. The molecule has 5 nitrogen and oxygen atoms in total. The number of methoxy groups -OCH3 is 1. The Morgan fingerprint density at radius 1 is 1.28 bits per heavy atom. The van der Waals surface area contributed by atoms with E-state index in [0.717, 1.165) is 10.6 Å². The van der Waals surface area contributed by atoms with E-state index in [1.807, 2.05) is 31.2 Å². The molecule has 1 aromatic carbocycles. The van der Waals surface area contributed by atoms with E-state index in [0.29, 0.717) is 29.1 Å². The molecule has 0 aliphatic carbocycles. The third-order valence-electron chi connectivity index (χ3n) is 3.89. The van der Waals surface area contributed by atoms with Gasteiger partial charge in [-0.3, -0.25) is 4.79 Å². The average molecular weight is 361 g/mol. The van der Waals surface area contributed by atoms with Crippen molar-refractivity contribution in [1.29, 1.82) is 0 Å². The molecule has 1 heterocycles. The maximum atomic E-state index is 12.8. The summed E-state index contributed by atoms with van der Waals surface area (Å²) in [5.74, 6) is 0.297. The van der Waals surface area contributed by atoms with Crippen molar-refractivity contribution >= 4 is 23.5 Å². The summed E-state index contributed by atoms with van der Waals surface area (Å²) in [7, 11) is 1.61. The zero-order valence-corrected chi connectivity index (χ0v) is 16.0. The summed E-state index contributed by atoms with van der Waals surface area (Å²) >= 11 is 1.45. The molecule has 0 aliphatic rings. The van der Waals surface area contributed by atoms with Gasteiger partial charge in [-0.05, 0) is 51.5 Å². The maximum Gasteiger partial charge on any atom is 0.340 e. The highest BCUT2D eigenvalue weighted by Gasteiger charge is 2.26. The topological polar surface area (TPSA) is 68.4 Å². The predicted octanol–water partition coefficient (Wildman–Crippen LogP) is 4.18. The van der Waals surface area contributed by atoms with Gasteiger partial charge in [-0.1, -0.05) is 6.07 Å². The van der Waals surface area contributed by atoms with E-state index < -0.39 is 5.97 Å². The molecule has 0 saturated heterocycles. The van der Waals surface area contributed by atoms with Crippen LogP contribution >= 0.6 is 11.8 Å². The number of carbonyl (C=O) groups excluding carboxylic acids is 2. The van der Waals surface area contributed by atoms with Gasteiger partial charge in [0.15, 0.2) is 5.78 Å². The normalized spacial score (nSPS) is 11.9. The summed E-state index contributed by atoms with van der Waals surface area (Å²) in [6.07, 6.45) is 0. The summed E-state index contributed by atoms with van der Waals surface area (Å²) in [6, 6.07) is 7.58. The van der Waals surface area contributed by atoms with Gasteiger partial charge < -0.3 is 14.5 Å². The Morgan fingerprint density at radius 2 is 2.00 bits per heavy atom. The number of Topliss-reactive ketones (excluding diaryl/α,β-unsaturated/α-hetero) is 1. The maximum absolute atomic E-state index is 12.8. The molecule has 0 amide bonds. The molecule has 2 rings (SSSR count). The molecule has 2 aromatic rings. The molecule has 1 atom stereocenters. The van der Waals surface area contributed by atoms with E-state index in [-0.39, 0.29) is 11.0 Å². The number of aromatic nitrogens is 1. The molecule has 0 unspecified atom stereocenters. The number of benzene rings is 1. The van der Waals surface area contributed by atoms with Crippen LogP contribution in [0.15, 0.2) is 29.2 Å². The number of H-pyrrole nitrogens is 1. The minimum Gasteiger partial charge on any atom is -0.497 e. The molecule has 0 spiro atoms. The Balaban J connectivity index is 2.22. The van der Waals surface area contributed by atoms with Gasteiger partial charge in [0.25, 0.3) is 0 Å². The number of ether oxygens (including phenoxy) is 2. The standard InChI is InChI=1S/C19H23NO4S/c1-6-24-19(22)16-11(2)17(20-12(16)3)18(21)13(4)25-15-9-7-8-14(10-15)23-5/h7-10,13,20H,6H2,1-5H3/t13-/m0/s1. The quantitative estimate of drug-likeness (QED) is 0.455. The van der Waals surface area contributed by atoms with Gasteiger partial charge in [0.1, 0.15) is 5.75 Å². The number of aryl methyl sites for hydroxylation is 1. The Morgan fingerprint density at radius 3 is 2.64 bits per heavy atom. The number of thioether (sulfide) groups is 1. The fourth-order valence-electron chi connectivity index (χ4n) is 2.64. The Hall–Kier alpha value is -2.21. The van der Waals surface area contributed by atoms with E-state index in [9.17, 15) is 9.59 Å².